The molecule has 2 aromatic carbocycles. The molecule has 4 heterocycles. The van der Waals surface area contributed by atoms with E-state index >= 15 is 0 Å². The zero-order chi connectivity index (χ0) is 34.0. The summed E-state index contributed by atoms with van der Waals surface area (Å²) in [5, 5.41) is 12.6. The summed E-state index contributed by atoms with van der Waals surface area (Å²) < 4.78 is 14.8. The van der Waals surface area contributed by atoms with Crippen molar-refractivity contribution >= 4 is 46.2 Å². The minimum atomic E-state index is -1.19. The molecule has 13 heteroatoms. The maximum Gasteiger partial charge on any atom is 0.411 e. The molecular weight excluding hydrogens is 657 g/mol. The van der Waals surface area contributed by atoms with Crippen LogP contribution in [-0.2, 0) is 16.0 Å². The molecule has 3 aliphatic rings. The number of carbonyl (C=O) groups excluding carboxylic acids is 2. The Kier molecular flexibility index (Phi) is 8.30. The van der Waals surface area contributed by atoms with E-state index in [-0.39, 0.29) is 42.3 Å². The van der Waals surface area contributed by atoms with E-state index in [1.807, 2.05) is 45.0 Å². The second-order valence-electron chi connectivity index (χ2n) is 13.9. The van der Waals surface area contributed by atoms with Crippen molar-refractivity contribution in [1.29, 1.82) is 0 Å². The highest BCUT2D eigenvalue weighted by Crippen LogP contribution is 2.43. The molecule has 3 atom stereocenters. The number of hydrogen-bond acceptors (Lipinski definition) is 7. The van der Waals surface area contributed by atoms with Crippen LogP contribution >= 0.6 is 23.2 Å². The number of halogens is 2. The Morgan fingerprint density at radius 2 is 1.75 bits per heavy atom. The van der Waals surface area contributed by atoms with Crippen LogP contribution in [0.25, 0.3) is 16.7 Å². The molecule has 3 unspecified atom stereocenters. The number of nitrogens with zero attached hydrogens (tertiary/aromatic N) is 5. The summed E-state index contributed by atoms with van der Waals surface area (Å²) in [5.41, 5.74) is 0.401. The van der Waals surface area contributed by atoms with Crippen molar-refractivity contribution in [3.63, 3.8) is 0 Å². The van der Waals surface area contributed by atoms with Crippen molar-refractivity contribution in [2.75, 3.05) is 19.7 Å². The predicted molar refractivity (Wildman–Crippen MR) is 181 cm³/mol. The number of piperidine rings is 1. The van der Waals surface area contributed by atoms with Crippen LogP contribution in [0, 0.1) is 0 Å². The van der Waals surface area contributed by atoms with Gasteiger partial charge in [0, 0.05) is 29.4 Å². The lowest BCUT2D eigenvalue weighted by atomic mass is 9.91. The van der Waals surface area contributed by atoms with Crippen LogP contribution in [-0.4, -0.2) is 84.1 Å². The van der Waals surface area contributed by atoms with Crippen LogP contribution in [0.2, 0.25) is 10.2 Å². The van der Waals surface area contributed by atoms with Gasteiger partial charge in [0.25, 0.3) is 11.5 Å². The summed E-state index contributed by atoms with van der Waals surface area (Å²) in [6.45, 7) is 6.67. The quantitative estimate of drug-likeness (QED) is 0.289. The van der Waals surface area contributed by atoms with Crippen LogP contribution in [0.15, 0.2) is 65.7 Å². The fourth-order valence-corrected chi connectivity index (χ4v) is 7.07. The molecule has 3 fully saturated rings. The van der Waals surface area contributed by atoms with Crippen molar-refractivity contribution in [3.8, 4) is 5.69 Å². The summed E-state index contributed by atoms with van der Waals surface area (Å²) in [6.07, 6.45) is 2.54. The number of fused-ring (bicyclic) bond motifs is 2. The normalized spacial score (nSPS) is 22.0. The molecule has 0 spiro atoms. The van der Waals surface area contributed by atoms with Crippen molar-refractivity contribution in [2.24, 2.45) is 0 Å². The maximum atomic E-state index is 13.6. The highest BCUT2D eigenvalue weighted by atomic mass is 35.5. The molecule has 1 saturated carbocycles. The van der Waals surface area contributed by atoms with Crippen LogP contribution in [0.4, 0.5) is 4.79 Å². The zero-order valence-electron chi connectivity index (χ0n) is 26.9. The first-order valence-corrected chi connectivity index (χ1v) is 16.8. The van der Waals surface area contributed by atoms with E-state index in [0.29, 0.717) is 65.0 Å². The summed E-state index contributed by atoms with van der Waals surface area (Å²) in [5.74, 6) is -0.123. The highest BCUT2D eigenvalue weighted by Gasteiger charge is 2.53. The number of hydrogen-bond donors (Lipinski definition) is 1. The number of benzene rings is 2. The van der Waals surface area contributed by atoms with E-state index < -0.39 is 11.2 Å². The summed E-state index contributed by atoms with van der Waals surface area (Å²) in [4.78, 5) is 47.8. The molecule has 2 aromatic heterocycles. The Morgan fingerprint density at radius 3 is 2.42 bits per heavy atom. The predicted octanol–water partition coefficient (Wildman–Crippen LogP) is 5.61. The van der Waals surface area contributed by atoms with Gasteiger partial charge in [0.1, 0.15) is 17.1 Å². The van der Waals surface area contributed by atoms with Gasteiger partial charge in [0.05, 0.1) is 42.3 Å². The third-order valence-electron chi connectivity index (χ3n) is 9.28. The molecule has 2 amide bonds. The minimum Gasteiger partial charge on any atom is -0.444 e. The Balaban J connectivity index is 1.07. The topological polar surface area (TPSA) is 119 Å². The van der Waals surface area contributed by atoms with Gasteiger partial charge in [-0.25, -0.2) is 9.78 Å². The Hall–Kier alpha value is -3.90. The fourth-order valence-electron chi connectivity index (χ4n) is 6.66. The molecule has 2 saturated heterocycles. The Bertz CT molecular complexity index is 1930. The van der Waals surface area contributed by atoms with Gasteiger partial charge in [-0.2, -0.15) is 0 Å². The van der Waals surface area contributed by atoms with Crippen LogP contribution in [0.1, 0.15) is 62.0 Å². The second kappa shape index (κ2) is 12.2. The van der Waals surface area contributed by atoms with Gasteiger partial charge in [-0.3, -0.25) is 23.6 Å². The van der Waals surface area contributed by atoms with Crippen molar-refractivity contribution in [2.45, 2.75) is 76.0 Å². The van der Waals surface area contributed by atoms with E-state index in [1.165, 1.54) is 10.9 Å². The number of carbonyl (C=O) groups is 2. The first kappa shape index (κ1) is 32.6. The molecular formula is C35H37Cl2N5O6. The number of amides is 2. The maximum absolute atomic E-state index is 13.6. The van der Waals surface area contributed by atoms with Gasteiger partial charge in [0.2, 0.25) is 0 Å². The molecule has 4 aromatic rings. The molecule has 1 aliphatic carbocycles. The number of aliphatic hydroxyl groups is 1. The standard InChI is InChI=1S/C35H37Cl2N5O6/c1-34(2,3)48-33(45)42-26-17-28(26)47-18-27(42)21-6-10-24(11-7-21)41-29(37)16-25-30(41)38-20-40(32(25)44)19-35(46)12-14-39(15-13-35)31(43)22-4-8-23(36)9-5-22/h4-11,16,20,26-28,46H,12-15,17-19H2,1-3H3. The first-order valence-electron chi connectivity index (χ1n) is 16.1. The van der Waals surface area contributed by atoms with Gasteiger partial charge in [-0.15, -0.1) is 0 Å². The number of morpholine rings is 1. The minimum absolute atomic E-state index is 0.00468. The van der Waals surface area contributed by atoms with E-state index in [2.05, 4.69) is 4.98 Å². The Labute approximate surface area is 287 Å². The van der Waals surface area contributed by atoms with Gasteiger partial charge < -0.3 is 19.5 Å². The van der Waals surface area contributed by atoms with Crippen LogP contribution in [0.5, 0.6) is 0 Å². The highest BCUT2D eigenvalue weighted by molar-refractivity contribution is 6.31. The summed E-state index contributed by atoms with van der Waals surface area (Å²) in [7, 11) is 0. The molecule has 48 heavy (non-hydrogen) atoms. The third-order valence-corrected chi connectivity index (χ3v) is 9.81. The van der Waals surface area contributed by atoms with Gasteiger partial charge >= 0.3 is 6.09 Å². The lowest BCUT2D eigenvalue weighted by Gasteiger charge is -2.38. The lowest BCUT2D eigenvalue weighted by Crippen LogP contribution is -2.49. The monoisotopic (exact) mass is 693 g/mol. The largest absolute Gasteiger partial charge is 0.444 e. The Morgan fingerprint density at radius 1 is 1.06 bits per heavy atom. The van der Waals surface area contributed by atoms with Crippen LogP contribution < -0.4 is 5.56 Å². The van der Waals surface area contributed by atoms with Gasteiger partial charge in [-0.1, -0.05) is 35.3 Å². The molecule has 1 N–H and O–H groups in total. The smallest absolute Gasteiger partial charge is 0.411 e. The average molecular weight is 695 g/mol. The molecule has 252 valence electrons. The number of ether oxygens (including phenoxy) is 2. The SMILES string of the molecule is CC(C)(C)OC(=O)N1C(c2ccc(-n3c(Cl)cc4c(=O)n(CC5(O)CCN(C(=O)c6ccc(Cl)cc6)CC5)cnc43)cc2)COC2CC21. The third kappa shape index (κ3) is 6.32. The molecule has 2 aliphatic heterocycles. The molecule has 7 rings (SSSR count). The second-order valence-corrected chi connectivity index (χ2v) is 14.7. The molecule has 0 bridgehead atoms. The summed E-state index contributed by atoms with van der Waals surface area (Å²) in [6, 6.07) is 15.6. The summed E-state index contributed by atoms with van der Waals surface area (Å²) >= 11 is 12.6. The first-order chi connectivity index (χ1) is 22.8. The van der Waals surface area contributed by atoms with E-state index in [4.69, 9.17) is 32.7 Å². The van der Waals surface area contributed by atoms with Crippen molar-refractivity contribution < 1.29 is 24.2 Å². The van der Waals surface area contributed by atoms with Crippen molar-refractivity contribution in [1.82, 2.24) is 23.9 Å². The zero-order valence-corrected chi connectivity index (χ0v) is 28.4. The van der Waals surface area contributed by atoms with E-state index in [9.17, 15) is 19.5 Å². The lowest BCUT2D eigenvalue weighted by molar-refractivity contribution is -0.0356. The van der Waals surface area contributed by atoms with Gasteiger partial charge in [0.15, 0.2) is 5.65 Å². The molecule has 0 radical (unpaired) electrons. The number of rotatable bonds is 5. The number of aromatic nitrogens is 3. The number of likely N-dealkylation sites (tertiary alicyclic amines) is 1. The molecule has 11 nitrogen and oxygen atoms in total. The fraction of sp³-hybridized carbons (Fsp3) is 0.429. The van der Waals surface area contributed by atoms with E-state index in [1.54, 1.807) is 44.7 Å². The van der Waals surface area contributed by atoms with Crippen LogP contribution in [0.3, 0.4) is 0 Å². The van der Waals surface area contributed by atoms with E-state index in [0.717, 1.165) is 12.0 Å². The van der Waals surface area contributed by atoms with Gasteiger partial charge in [-0.05, 0) is 88.1 Å². The van der Waals surface area contributed by atoms with Crippen molar-refractivity contribution in [3.05, 3.63) is 92.6 Å². The average Bonchev–Trinajstić information content (AvgIpc) is 3.76.